The molecule has 0 bridgehead atoms. The molecule has 0 amide bonds. The van der Waals surface area contributed by atoms with Crippen LogP contribution in [0.1, 0.15) is 17.3 Å². The summed E-state index contributed by atoms with van der Waals surface area (Å²) in [7, 11) is 0. The molecule has 1 nitrogen and oxygen atoms in total. The molecule has 0 aromatic heterocycles. The summed E-state index contributed by atoms with van der Waals surface area (Å²) < 4.78 is 0. The maximum Gasteiger partial charge on any atom is 0.160 e. The van der Waals surface area contributed by atoms with Gasteiger partial charge in [0.25, 0.3) is 0 Å². The quantitative estimate of drug-likeness (QED) is 0.597. The average molecular weight is 306 g/mol. The second-order valence-corrected chi connectivity index (χ2v) is 5.01. The zero-order valence-electron chi connectivity index (χ0n) is 12.4. The van der Waals surface area contributed by atoms with Gasteiger partial charge in [-0.05, 0) is 29.2 Å². The van der Waals surface area contributed by atoms with E-state index < -0.39 is 0 Å². The Kier molecular flexibility index (Phi) is 5.18. The van der Waals surface area contributed by atoms with Crippen LogP contribution in [0.2, 0.25) is 0 Å². The zero-order chi connectivity index (χ0) is 14.7. The highest BCUT2D eigenvalue weighted by Crippen LogP contribution is 2.33. The Morgan fingerprint density at radius 2 is 1.14 bits per heavy atom. The van der Waals surface area contributed by atoms with Crippen LogP contribution in [0.4, 0.5) is 0 Å². The van der Waals surface area contributed by atoms with Crippen molar-refractivity contribution < 1.29 is 4.79 Å². The van der Waals surface area contributed by atoms with E-state index in [4.69, 9.17) is 0 Å². The normalized spacial score (nSPS) is 9.86. The molecule has 0 radical (unpaired) electrons. The van der Waals surface area contributed by atoms with E-state index in [2.05, 4.69) is 24.3 Å². The largest absolute Gasteiger partial charge is 0.294 e. The highest BCUT2D eigenvalue weighted by atomic mass is 32.1. The minimum absolute atomic E-state index is 0. The third kappa shape index (κ3) is 3.12. The van der Waals surface area contributed by atoms with Crippen LogP contribution in [0.5, 0.6) is 0 Å². The number of carbonyl (C=O) groups excluding carboxylic acids is 1. The van der Waals surface area contributed by atoms with Crippen LogP contribution in [0.25, 0.3) is 22.3 Å². The summed E-state index contributed by atoms with van der Waals surface area (Å²) in [6, 6.07) is 26.3. The Hall–Kier alpha value is -2.32. The number of Topliss-reactive ketones (excluding diaryl/α,β-unsaturated/α-hetero) is 1. The highest BCUT2D eigenvalue weighted by Gasteiger charge is 2.12. The molecule has 0 aliphatic rings. The van der Waals surface area contributed by atoms with Crippen molar-refractivity contribution in [1.82, 2.24) is 0 Å². The van der Waals surface area contributed by atoms with Crippen molar-refractivity contribution in [3.63, 3.8) is 0 Å². The number of hydrogen-bond donors (Lipinski definition) is 0. The molecular formula is C20H18OS. The smallest absolute Gasteiger partial charge is 0.160 e. The minimum atomic E-state index is 0. The standard InChI is InChI=1S/C20H16O.H2S/c1-15(21)17-11-5-7-13-19(17)20-14-8-6-12-18(20)16-9-3-2-4-10-16;/h2-14H,1H3;1H2. The van der Waals surface area contributed by atoms with Gasteiger partial charge in [0.15, 0.2) is 5.78 Å². The van der Waals surface area contributed by atoms with Crippen molar-refractivity contribution in [3.8, 4) is 22.3 Å². The molecule has 0 saturated carbocycles. The van der Waals surface area contributed by atoms with Crippen molar-refractivity contribution >= 4 is 19.3 Å². The van der Waals surface area contributed by atoms with Crippen LogP contribution in [0, 0.1) is 0 Å². The van der Waals surface area contributed by atoms with Crippen molar-refractivity contribution in [1.29, 1.82) is 0 Å². The van der Waals surface area contributed by atoms with Crippen LogP contribution in [0.3, 0.4) is 0 Å². The third-order valence-electron chi connectivity index (χ3n) is 3.61. The summed E-state index contributed by atoms with van der Waals surface area (Å²) in [5, 5.41) is 0. The Balaban J connectivity index is 0.00000176. The van der Waals surface area contributed by atoms with Crippen molar-refractivity contribution in [3.05, 3.63) is 84.4 Å². The van der Waals surface area contributed by atoms with E-state index >= 15 is 0 Å². The summed E-state index contributed by atoms with van der Waals surface area (Å²) in [6.07, 6.45) is 0. The molecule has 3 aromatic carbocycles. The van der Waals surface area contributed by atoms with Gasteiger partial charge in [-0.3, -0.25) is 4.79 Å². The first kappa shape index (κ1) is 16.1. The fourth-order valence-corrected chi connectivity index (χ4v) is 2.61. The van der Waals surface area contributed by atoms with Gasteiger partial charge < -0.3 is 0 Å². The molecular weight excluding hydrogens is 288 g/mol. The van der Waals surface area contributed by atoms with Gasteiger partial charge in [-0.15, -0.1) is 0 Å². The van der Waals surface area contributed by atoms with Gasteiger partial charge in [0.2, 0.25) is 0 Å². The number of carbonyl (C=O) groups is 1. The van der Waals surface area contributed by atoms with E-state index in [0.29, 0.717) is 0 Å². The molecule has 0 atom stereocenters. The summed E-state index contributed by atoms with van der Waals surface area (Å²) in [6.45, 7) is 1.62. The topological polar surface area (TPSA) is 17.1 Å². The van der Waals surface area contributed by atoms with E-state index in [9.17, 15) is 4.79 Å². The number of benzene rings is 3. The molecule has 0 unspecified atom stereocenters. The van der Waals surface area contributed by atoms with Crippen molar-refractivity contribution in [2.45, 2.75) is 6.92 Å². The Morgan fingerprint density at radius 3 is 1.77 bits per heavy atom. The van der Waals surface area contributed by atoms with Gasteiger partial charge in [0, 0.05) is 5.56 Å². The lowest BCUT2D eigenvalue weighted by Gasteiger charge is -2.12. The van der Waals surface area contributed by atoms with Crippen LogP contribution in [0.15, 0.2) is 78.9 Å². The van der Waals surface area contributed by atoms with Crippen molar-refractivity contribution in [2.75, 3.05) is 0 Å². The molecule has 0 aliphatic carbocycles. The second kappa shape index (κ2) is 7.10. The maximum absolute atomic E-state index is 11.9. The lowest BCUT2D eigenvalue weighted by Crippen LogP contribution is -1.96. The van der Waals surface area contributed by atoms with E-state index in [-0.39, 0.29) is 19.3 Å². The molecule has 0 spiro atoms. The van der Waals surface area contributed by atoms with Gasteiger partial charge in [-0.25, -0.2) is 0 Å². The summed E-state index contributed by atoms with van der Waals surface area (Å²) in [5.41, 5.74) is 5.15. The van der Waals surface area contributed by atoms with Crippen LogP contribution >= 0.6 is 13.5 Å². The van der Waals surface area contributed by atoms with Gasteiger partial charge in [0.1, 0.15) is 0 Å². The van der Waals surface area contributed by atoms with E-state index in [1.807, 2.05) is 54.6 Å². The first-order valence-electron chi connectivity index (χ1n) is 7.02. The Bertz CT molecular complexity index is 778. The second-order valence-electron chi connectivity index (χ2n) is 5.01. The van der Waals surface area contributed by atoms with Crippen LogP contribution < -0.4 is 0 Å². The van der Waals surface area contributed by atoms with Crippen LogP contribution in [-0.4, -0.2) is 5.78 Å². The lowest BCUT2D eigenvalue weighted by molar-refractivity contribution is 0.101. The SMILES string of the molecule is CC(=O)c1ccccc1-c1ccccc1-c1ccccc1.S. The first-order valence-corrected chi connectivity index (χ1v) is 7.02. The number of ketones is 1. The third-order valence-corrected chi connectivity index (χ3v) is 3.61. The molecule has 0 aliphatic heterocycles. The summed E-state index contributed by atoms with van der Waals surface area (Å²) in [5.74, 6) is 0.0912. The molecule has 22 heavy (non-hydrogen) atoms. The maximum atomic E-state index is 11.9. The van der Waals surface area contributed by atoms with Gasteiger partial charge in [-0.2, -0.15) is 13.5 Å². The minimum Gasteiger partial charge on any atom is -0.294 e. The summed E-state index contributed by atoms with van der Waals surface area (Å²) in [4.78, 5) is 11.9. The molecule has 0 N–H and O–H groups in total. The lowest BCUT2D eigenvalue weighted by atomic mass is 9.91. The molecule has 110 valence electrons. The number of hydrogen-bond acceptors (Lipinski definition) is 1. The predicted molar refractivity (Wildman–Crippen MR) is 97.7 cm³/mol. The zero-order valence-corrected chi connectivity index (χ0v) is 13.4. The molecule has 2 heteroatoms. The molecule has 0 heterocycles. The predicted octanol–water partition coefficient (Wildman–Crippen LogP) is 5.34. The first-order chi connectivity index (χ1) is 10.3. The van der Waals surface area contributed by atoms with E-state index in [0.717, 1.165) is 27.8 Å². The van der Waals surface area contributed by atoms with Gasteiger partial charge >= 0.3 is 0 Å². The highest BCUT2D eigenvalue weighted by molar-refractivity contribution is 7.59. The molecule has 3 aromatic rings. The van der Waals surface area contributed by atoms with E-state index in [1.165, 1.54) is 0 Å². The average Bonchev–Trinajstić information content (AvgIpc) is 2.55. The fraction of sp³-hybridized carbons (Fsp3) is 0.0500. The van der Waals surface area contributed by atoms with Gasteiger partial charge in [-0.1, -0.05) is 78.9 Å². The van der Waals surface area contributed by atoms with Gasteiger partial charge in [0.05, 0.1) is 0 Å². The van der Waals surface area contributed by atoms with Crippen molar-refractivity contribution in [2.24, 2.45) is 0 Å². The Labute approximate surface area is 138 Å². The summed E-state index contributed by atoms with van der Waals surface area (Å²) >= 11 is 0. The Morgan fingerprint density at radius 1 is 0.636 bits per heavy atom. The number of rotatable bonds is 3. The monoisotopic (exact) mass is 306 g/mol. The molecule has 0 fully saturated rings. The molecule has 0 saturated heterocycles. The fourth-order valence-electron chi connectivity index (χ4n) is 2.61. The molecule has 3 rings (SSSR count). The van der Waals surface area contributed by atoms with Crippen LogP contribution in [-0.2, 0) is 0 Å². The van der Waals surface area contributed by atoms with E-state index in [1.54, 1.807) is 6.92 Å².